The van der Waals surface area contributed by atoms with Crippen LogP contribution in [0.2, 0.25) is 0 Å². The molecule has 2 rings (SSSR count). The van der Waals surface area contributed by atoms with Gasteiger partial charge in [0.1, 0.15) is 23.2 Å². The largest absolute Gasteiger partial charge is 0.465 e. The molecule has 5 heteroatoms. The fourth-order valence-corrected chi connectivity index (χ4v) is 1.98. The van der Waals surface area contributed by atoms with E-state index in [0.717, 1.165) is 17.9 Å². The molecule has 0 saturated carbocycles. The van der Waals surface area contributed by atoms with Gasteiger partial charge >= 0.3 is 0 Å². The van der Waals surface area contributed by atoms with Gasteiger partial charge in [0.25, 0.3) is 0 Å². The molecule has 106 valence electrons. The number of furan rings is 1. The Morgan fingerprint density at radius 1 is 1.20 bits per heavy atom. The van der Waals surface area contributed by atoms with Crippen molar-refractivity contribution in [3.8, 4) is 0 Å². The van der Waals surface area contributed by atoms with Crippen LogP contribution in [-0.4, -0.2) is 24.3 Å². The molecule has 1 aromatic heterocycles. The molecule has 0 saturated heterocycles. The van der Waals surface area contributed by atoms with E-state index in [1.165, 1.54) is 6.07 Å². The SMILES string of the molecule is Cc1ccc(CN(C)CC(=O)c2c(F)cccc2F)o1. The minimum absolute atomic E-state index is 0.0857. The van der Waals surface area contributed by atoms with Gasteiger partial charge in [-0.1, -0.05) is 6.07 Å². The monoisotopic (exact) mass is 279 g/mol. The lowest BCUT2D eigenvalue weighted by atomic mass is 10.1. The average molecular weight is 279 g/mol. The van der Waals surface area contributed by atoms with E-state index in [9.17, 15) is 13.6 Å². The molecular weight excluding hydrogens is 264 g/mol. The van der Waals surface area contributed by atoms with E-state index in [0.29, 0.717) is 12.3 Å². The maximum Gasteiger partial charge on any atom is 0.182 e. The van der Waals surface area contributed by atoms with Crippen LogP contribution in [0.1, 0.15) is 21.9 Å². The lowest BCUT2D eigenvalue weighted by Crippen LogP contribution is -2.26. The summed E-state index contributed by atoms with van der Waals surface area (Å²) in [7, 11) is 1.69. The van der Waals surface area contributed by atoms with Crippen molar-refractivity contribution in [3.63, 3.8) is 0 Å². The van der Waals surface area contributed by atoms with Gasteiger partial charge in [-0.25, -0.2) is 8.78 Å². The van der Waals surface area contributed by atoms with Crippen LogP contribution >= 0.6 is 0 Å². The molecule has 0 N–H and O–H groups in total. The number of rotatable bonds is 5. The molecule has 0 aliphatic heterocycles. The molecule has 0 radical (unpaired) electrons. The molecule has 1 heterocycles. The predicted octanol–water partition coefficient (Wildman–Crippen LogP) is 3.18. The smallest absolute Gasteiger partial charge is 0.182 e. The van der Waals surface area contributed by atoms with E-state index in [4.69, 9.17) is 4.42 Å². The van der Waals surface area contributed by atoms with Gasteiger partial charge in [0, 0.05) is 0 Å². The summed E-state index contributed by atoms with van der Waals surface area (Å²) in [5, 5.41) is 0. The highest BCUT2D eigenvalue weighted by atomic mass is 19.1. The van der Waals surface area contributed by atoms with Crippen LogP contribution in [-0.2, 0) is 6.54 Å². The van der Waals surface area contributed by atoms with Gasteiger partial charge in [0.15, 0.2) is 5.78 Å². The summed E-state index contributed by atoms with van der Waals surface area (Å²) >= 11 is 0. The van der Waals surface area contributed by atoms with Crippen LogP contribution in [0, 0.1) is 18.6 Å². The maximum absolute atomic E-state index is 13.5. The van der Waals surface area contributed by atoms with Crippen LogP contribution in [0.3, 0.4) is 0 Å². The first-order chi connectivity index (χ1) is 9.47. The number of ketones is 1. The molecule has 0 spiro atoms. The average Bonchev–Trinajstić information content (AvgIpc) is 2.74. The molecule has 0 bridgehead atoms. The number of hydrogen-bond acceptors (Lipinski definition) is 3. The standard InChI is InChI=1S/C15H15F2NO2/c1-10-6-7-11(20-10)8-18(2)9-14(19)15-12(16)4-3-5-13(15)17/h3-7H,8-9H2,1-2H3. The molecule has 20 heavy (non-hydrogen) atoms. The number of carbonyl (C=O) groups is 1. The Hall–Kier alpha value is -2.01. The van der Waals surface area contributed by atoms with Crippen molar-refractivity contribution in [3.05, 3.63) is 59.1 Å². The van der Waals surface area contributed by atoms with Crippen molar-refractivity contribution in [2.24, 2.45) is 0 Å². The molecular formula is C15H15F2NO2. The van der Waals surface area contributed by atoms with Gasteiger partial charge in [-0.05, 0) is 38.2 Å². The summed E-state index contributed by atoms with van der Waals surface area (Å²) in [5.41, 5.74) is -0.491. The second kappa shape index (κ2) is 5.96. The number of carbonyl (C=O) groups excluding carboxylic acids is 1. The molecule has 1 aromatic carbocycles. The highest BCUT2D eigenvalue weighted by Gasteiger charge is 2.18. The Labute approximate surface area is 115 Å². The van der Waals surface area contributed by atoms with Crippen molar-refractivity contribution in [1.82, 2.24) is 4.90 Å². The second-order valence-corrected chi connectivity index (χ2v) is 4.70. The first-order valence-corrected chi connectivity index (χ1v) is 6.18. The third kappa shape index (κ3) is 3.30. The van der Waals surface area contributed by atoms with E-state index in [1.54, 1.807) is 18.0 Å². The zero-order chi connectivity index (χ0) is 14.7. The van der Waals surface area contributed by atoms with Crippen LogP contribution in [0.25, 0.3) is 0 Å². The van der Waals surface area contributed by atoms with Crippen molar-refractivity contribution >= 4 is 5.78 Å². The molecule has 0 aliphatic rings. The Balaban J connectivity index is 2.04. The summed E-state index contributed by atoms with van der Waals surface area (Å²) < 4.78 is 32.4. The van der Waals surface area contributed by atoms with Gasteiger partial charge in [0.2, 0.25) is 0 Å². The zero-order valence-corrected chi connectivity index (χ0v) is 11.3. The van der Waals surface area contributed by atoms with E-state index in [2.05, 4.69) is 0 Å². The highest BCUT2D eigenvalue weighted by Crippen LogP contribution is 2.14. The van der Waals surface area contributed by atoms with Crippen molar-refractivity contribution in [2.75, 3.05) is 13.6 Å². The fourth-order valence-electron chi connectivity index (χ4n) is 1.98. The minimum Gasteiger partial charge on any atom is -0.465 e. The molecule has 0 atom stereocenters. The second-order valence-electron chi connectivity index (χ2n) is 4.70. The topological polar surface area (TPSA) is 33.5 Å². The predicted molar refractivity (Wildman–Crippen MR) is 70.5 cm³/mol. The number of hydrogen-bond donors (Lipinski definition) is 0. The van der Waals surface area contributed by atoms with Crippen molar-refractivity contribution < 1.29 is 18.0 Å². The summed E-state index contributed by atoms with van der Waals surface area (Å²) in [6.45, 7) is 2.14. The molecule has 0 amide bonds. The van der Waals surface area contributed by atoms with Crippen molar-refractivity contribution in [2.45, 2.75) is 13.5 Å². The van der Waals surface area contributed by atoms with E-state index in [1.807, 2.05) is 13.0 Å². The first kappa shape index (κ1) is 14.4. The highest BCUT2D eigenvalue weighted by molar-refractivity contribution is 5.98. The summed E-state index contributed by atoms with van der Waals surface area (Å²) in [4.78, 5) is 13.6. The lowest BCUT2D eigenvalue weighted by molar-refractivity contribution is 0.0931. The van der Waals surface area contributed by atoms with Crippen LogP contribution in [0.15, 0.2) is 34.7 Å². The number of Topliss-reactive ketones (excluding diaryl/α,β-unsaturated/α-hetero) is 1. The summed E-state index contributed by atoms with van der Waals surface area (Å²) in [5.74, 6) is -0.785. The third-order valence-corrected chi connectivity index (χ3v) is 2.88. The minimum atomic E-state index is -0.836. The summed E-state index contributed by atoms with van der Waals surface area (Å²) in [6.07, 6.45) is 0. The molecule has 0 unspecified atom stereocenters. The van der Waals surface area contributed by atoms with Crippen LogP contribution in [0.4, 0.5) is 8.78 Å². The maximum atomic E-state index is 13.5. The van der Waals surface area contributed by atoms with Gasteiger partial charge in [0.05, 0.1) is 18.7 Å². The first-order valence-electron chi connectivity index (χ1n) is 6.18. The van der Waals surface area contributed by atoms with E-state index < -0.39 is 23.0 Å². The van der Waals surface area contributed by atoms with Gasteiger partial charge < -0.3 is 4.42 Å². The zero-order valence-electron chi connectivity index (χ0n) is 11.3. The molecule has 3 nitrogen and oxygen atoms in total. The Morgan fingerprint density at radius 2 is 1.85 bits per heavy atom. The quantitative estimate of drug-likeness (QED) is 0.788. The number of benzene rings is 1. The number of likely N-dealkylation sites (N-methyl/N-ethyl adjacent to an activating group) is 1. The normalized spacial score (nSPS) is 11.1. The molecule has 2 aromatic rings. The number of halogens is 2. The third-order valence-electron chi connectivity index (χ3n) is 2.88. The van der Waals surface area contributed by atoms with E-state index in [-0.39, 0.29) is 6.54 Å². The number of nitrogens with zero attached hydrogens (tertiary/aromatic N) is 1. The van der Waals surface area contributed by atoms with Gasteiger partial charge in [-0.3, -0.25) is 9.69 Å². The Morgan fingerprint density at radius 3 is 2.40 bits per heavy atom. The Bertz CT molecular complexity index is 602. The fraction of sp³-hybridized carbons (Fsp3) is 0.267. The van der Waals surface area contributed by atoms with Crippen LogP contribution < -0.4 is 0 Å². The van der Waals surface area contributed by atoms with Gasteiger partial charge in [-0.2, -0.15) is 0 Å². The van der Waals surface area contributed by atoms with Gasteiger partial charge in [-0.15, -0.1) is 0 Å². The van der Waals surface area contributed by atoms with Crippen molar-refractivity contribution in [1.29, 1.82) is 0 Å². The summed E-state index contributed by atoms with van der Waals surface area (Å²) in [6, 6.07) is 7.01. The molecule has 0 aliphatic carbocycles. The number of aryl methyl sites for hydroxylation is 1. The lowest BCUT2D eigenvalue weighted by Gasteiger charge is -2.14. The van der Waals surface area contributed by atoms with E-state index >= 15 is 0 Å². The van der Waals surface area contributed by atoms with Crippen LogP contribution in [0.5, 0.6) is 0 Å². The Kier molecular flexibility index (Phi) is 4.29. The molecule has 0 fully saturated rings.